The van der Waals surface area contributed by atoms with E-state index < -0.39 is 0 Å². The average molecular weight is 267 g/mol. The maximum atomic E-state index is 8.80. The maximum Gasteiger partial charge on any atom is 0.128 e. The Balaban J connectivity index is 1.84. The molecule has 2 N–H and O–H groups in total. The van der Waals surface area contributed by atoms with Gasteiger partial charge in [0.1, 0.15) is 11.5 Å². The van der Waals surface area contributed by atoms with Gasteiger partial charge in [-0.1, -0.05) is 35.9 Å². The highest BCUT2D eigenvalue weighted by Gasteiger charge is 2.11. The third-order valence-corrected chi connectivity index (χ3v) is 3.48. The van der Waals surface area contributed by atoms with Gasteiger partial charge in [-0.2, -0.15) is 0 Å². The quantitative estimate of drug-likeness (QED) is 0.828. The van der Waals surface area contributed by atoms with Gasteiger partial charge >= 0.3 is 0 Å². The van der Waals surface area contributed by atoms with Crippen molar-refractivity contribution in [3.05, 3.63) is 65.2 Å². The van der Waals surface area contributed by atoms with Gasteiger partial charge in [0.25, 0.3) is 0 Å². The van der Waals surface area contributed by atoms with Crippen molar-refractivity contribution in [1.29, 1.82) is 0 Å². The molecular formula is C17H17NO2. The average Bonchev–Trinajstić information content (AvgIpc) is 2.48. The van der Waals surface area contributed by atoms with Gasteiger partial charge in [0.15, 0.2) is 0 Å². The van der Waals surface area contributed by atoms with Crippen molar-refractivity contribution in [2.45, 2.75) is 12.8 Å². The summed E-state index contributed by atoms with van der Waals surface area (Å²) in [5.74, 6) is 1.67. The van der Waals surface area contributed by atoms with Crippen LogP contribution < -0.4 is 10.2 Å². The van der Waals surface area contributed by atoms with Crippen molar-refractivity contribution in [3.63, 3.8) is 0 Å². The van der Waals surface area contributed by atoms with Crippen LogP contribution in [0.4, 0.5) is 0 Å². The van der Waals surface area contributed by atoms with Crippen LogP contribution >= 0.6 is 0 Å². The molecule has 0 radical (unpaired) electrons. The molecule has 1 aliphatic rings. The Labute approximate surface area is 118 Å². The number of nitrogens with one attached hydrogen (secondary N) is 1. The Morgan fingerprint density at radius 2 is 1.85 bits per heavy atom. The Morgan fingerprint density at radius 3 is 2.65 bits per heavy atom. The number of fused-ring (bicyclic) bond motifs is 1. The zero-order valence-electron chi connectivity index (χ0n) is 11.2. The third kappa shape index (κ3) is 2.90. The predicted molar refractivity (Wildman–Crippen MR) is 79.0 cm³/mol. The fourth-order valence-corrected chi connectivity index (χ4v) is 2.45. The van der Waals surface area contributed by atoms with Crippen LogP contribution in [0, 0.1) is 0 Å². The fraction of sp³-hybridized carbons (Fsp3) is 0.176. The first-order valence-electron chi connectivity index (χ1n) is 6.77. The lowest BCUT2D eigenvalue weighted by Gasteiger charge is -2.17. The molecule has 3 heteroatoms. The first kappa shape index (κ1) is 12.9. The van der Waals surface area contributed by atoms with Crippen LogP contribution in [0.5, 0.6) is 11.5 Å². The van der Waals surface area contributed by atoms with E-state index in [1.807, 2.05) is 36.4 Å². The summed E-state index contributed by atoms with van der Waals surface area (Å²) in [5, 5.41) is 8.80. The molecule has 3 nitrogen and oxygen atoms in total. The molecule has 0 atom stereocenters. The molecule has 20 heavy (non-hydrogen) atoms. The zero-order valence-corrected chi connectivity index (χ0v) is 11.2. The highest BCUT2D eigenvalue weighted by Crippen LogP contribution is 2.29. The van der Waals surface area contributed by atoms with Crippen molar-refractivity contribution in [1.82, 2.24) is 5.48 Å². The van der Waals surface area contributed by atoms with Crippen LogP contribution in [0.1, 0.15) is 17.5 Å². The van der Waals surface area contributed by atoms with E-state index in [1.54, 1.807) is 0 Å². The summed E-state index contributed by atoms with van der Waals surface area (Å²) in [6.45, 7) is 0.517. The predicted octanol–water partition coefficient (Wildman–Crippen LogP) is 3.79. The maximum absolute atomic E-state index is 8.80. The number of para-hydroxylation sites is 1. The number of hydrogen-bond donors (Lipinski definition) is 2. The number of aryl methyl sites for hydroxylation is 1. The highest BCUT2D eigenvalue weighted by atomic mass is 16.5. The monoisotopic (exact) mass is 267 g/mol. The molecule has 1 aliphatic carbocycles. The minimum Gasteiger partial charge on any atom is -0.457 e. The number of hydrogen-bond acceptors (Lipinski definition) is 3. The smallest absolute Gasteiger partial charge is 0.128 e. The molecule has 0 amide bonds. The first-order valence-corrected chi connectivity index (χ1v) is 6.77. The molecule has 0 spiro atoms. The van der Waals surface area contributed by atoms with E-state index in [1.165, 1.54) is 16.7 Å². The number of hydroxylamine groups is 1. The lowest BCUT2D eigenvalue weighted by molar-refractivity contribution is 0.176. The van der Waals surface area contributed by atoms with Gasteiger partial charge in [0.05, 0.1) is 0 Å². The normalized spacial score (nSPS) is 13.6. The molecule has 0 aromatic heterocycles. The zero-order chi connectivity index (χ0) is 13.8. The van der Waals surface area contributed by atoms with Crippen LogP contribution in [-0.4, -0.2) is 11.8 Å². The van der Waals surface area contributed by atoms with Crippen LogP contribution in [0.2, 0.25) is 0 Å². The van der Waals surface area contributed by atoms with Gasteiger partial charge in [-0.05, 0) is 48.2 Å². The summed E-state index contributed by atoms with van der Waals surface area (Å²) in [5.41, 5.74) is 5.93. The Bertz CT molecular complexity index is 620. The minimum absolute atomic E-state index is 0.517. The van der Waals surface area contributed by atoms with Gasteiger partial charge in [-0.3, -0.25) is 0 Å². The van der Waals surface area contributed by atoms with E-state index in [-0.39, 0.29) is 0 Å². The number of benzene rings is 2. The van der Waals surface area contributed by atoms with Gasteiger partial charge in [0.2, 0.25) is 0 Å². The Hall–Kier alpha value is -2.10. The van der Waals surface area contributed by atoms with Crippen LogP contribution in [0.25, 0.3) is 6.08 Å². The Kier molecular flexibility index (Phi) is 3.81. The molecule has 0 fully saturated rings. The summed E-state index contributed by atoms with van der Waals surface area (Å²) < 4.78 is 5.85. The molecular weight excluding hydrogens is 250 g/mol. The van der Waals surface area contributed by atoms with E-state index in [2.05, 4.69) is 23.7 Å². The SMILES string of the molecule is ONCC1=Cc2cc(Oc3ccccc3)ccc2CC1. The summed E-state index contributed by atoms with van der Waals surface area (Å²) >= 11 is 0. The van der Waals surface area contributed by atoms with E-state index in [9.17, 15) is 0 Å². The van der Waals surface area contributed by atoms with Crippen molar-refractivity contribution in [3.8, 4) is 11.5 Å². The van der Waals surface area contributed by atoms with Crippen molar-refractivity contribution < 1.29 is 9.94 Å². The molecule has 102 valence electrons. The van der Waals surface area contributed by atoms with Crippen molar-refractivity contribution >= 4 is 6.08 Å². The molecule has 0 bridgehead atoms. The van der Waals surface area contributed by atoms with Crippen molar-refractivity contribution in [2.24, 2.45) is 0 Å². The van der Waals surface area contributed by atoms with E-state index >= 15 is 0 Å². The molecule has 0 aliphatic heterocycles. The lowest BCUT2D eigenvalue weighted by atomic mass is 9.92. The summed E-state index contributed by atoms with van der Waals surface area (Å²) in [4.78, 5) is 0. The van der Waals surface area contributed by atoms with Gasteiger partial charge in [0, 0.05) is 6.54 Å². The second-order valence-corrected chi connectivity index (χ2v) is 4.91. The second-order valence-electron chi connectivity index (χ2n) is 4.91. The number of rotatable bonds is 4. The molecule has 0 unspecified atom stereocenters. The molecule has 0 saturated carbocycles. The topological polar surface area (TPSA) is 41.5 Å². The first-order chi connectivity index (χ1) is 9.85. The molecule has 2 aromatic carbocycles. The van der Waals surface area contributed by atoms with E-state index in [0.29, 0.717) is 6.54 Å². The summed E-state index contributed by atoms with van der Waals surface area (Å²) in [6.07, 6.45) is 4.12. The summed E-state index contributed by atoms with van der Waals surface area (Å²) in [7, 11) is 0. The largest absolute Gasteiger partial charge is 0.457 e. The van der Waals surface area contributed by atoms with E-state index in [0.717, 1.165) is 24.3 Å². The molecule has 0 saturated heterocycles. The molecule has 0 heterocycles. The van der Waals surface area contributed by atoms with Gasteiger partial charge in [-0.25, -0.2) is 5.48 Å². The molecule has 2 aromatic rings. The molecule has 3 rings (SSSR count). The summed E-state index contributed by atoms with van der Waals surface area (Å²) in [6, 6.07) is 15.9. The van der Waals surface area contributed by atoms with Crippen LogP contribution in [0.15, 0.2) is 54.1 Å². The lowest BCUT2D eigenvalue weighted by Crippen LogP contribution is -2.13. The minimum atomic E-state index is 0.517. The standard InChI is InChI=1S/C17H17NO2/c19-18-12-13-6-7-14-8-9-17(11-15(14)10-13)20-16-4-2-1-3-5-16/h1-5,8-11,18-19H,6-7,12H2. The van der Waals surface area contributed by atoms with E-state index in [4.69, 9.17) is 9.94 Å². The van der Waals surface area contributed by atoms with Gasteiger partial charge < -0.3 is 9.94 Å². The van der Waals surface area contributed by atoms with Crippen LogP contribution in [0.3, 0.4) is 0 Å². The highest BCUT2D eigenvalue weighted by molar-refractivity contribution is 5.62. The fourth-order valence-electron chi connectivity index (χ4n) is 2.45. The Morgan fingerprint density at radius 1 is 1.00 bits per heavy atom. The number of ether oxygens (including phenoxy) is 1. The van der Waals surface area contributed by atoms with Crippen molar-refractivity contribution in [2.75, 3.05) is 6.54 Å². The van der Waals surface area contributed by atoms with Gasteiger partial charge in [-0.15, -0.1) is 0 Å². The van der Waals surface area contributed by atoms with Crippen LogP contribution in [-0.2, 0) is 6.42 Å². The second kappa shape index (κ2) is 5.90. The third-order valence-electron chi connectivity index (χ3n) is 3.48.